The van der Waals surface area contributed by atoms with Crippen LogP contribution in [0, 0.1) is 5.82 Å². The molecular weight excluding hydrogens is 312 g/mol. The maximum absolute atomic E-state index is 13.7. The number of carbonyl (C=O) groups is 1. The molecule has 1 rings (SSSR count). The van der Waals surface area contributed by atoms with E-state index in [1.165, 1.54) is 13.0 Å². The first kappa shape index (κ1) is 14.8. The van der Waals surface area contributed by atoms with Gasteiger partial charge < -0.3 is 15.6 Å². The van der Waals surface area contributed by atoms with Crippen molar-refractivity contribution < 1.29 is 23.4 Å². The average molecular weight is 324 g/mol. The van der Waals surface area contributed by atoms with Gasteiger partial charge in [0, 0.05) is 10.0 Å². The van der Waals surface area contributed by atoms with Crippen molar-refractivity contribution >= 4 is 21.9 Å². The molecule has 18 heavy (non-hydrogen) atoms. The number of phenolic OH excluding ortho intramolecular Hbond substituents is 1. The third-order valence-electron chi connectivity index (χ3n) is 2.24. The second-order valence-corrected chi connectivity index (χ2v) is 4.42. The van der Waals surface area contributed by atoms with Gasteiger partial charge in [-0.3, -0.25) is 0 Å². The van der Waals surface area contributed by atoms with Crippen LogP contribution in [0.2, 0.25) is 0 Å². The first-order chi connectivity index (χ1) is 8.38. The SMILES string of the molecule is CCOC(=O)C(F)[C@@H](N)c1cc(Br)cc(F)c1O. The Morgan fingerprint density at radius 1 is 1.61 bits per heavy atom. The maximum atomic E-state index is 13.7. The van der Waals surface area contributed by atoms with Crippen LogP contribution < -0.4 is 5.73 Å². The van der Waals surface area contributed by atoms with Gasteiger partial charge >= 0.3 is 5.97 Å². The number of alkyl halides is 1. The summed E-state index contributed by atoms with van der Waals surface area (Å²) in [7, 11) is 0. The zero-order valence-electron chi connectivity index (χ0n) is 9.49. The second-order valence-electron chi connectivity index (χ2n) is 3.51. The van der Waals surface area contributed by atoms with Crippen LogP contribution in [0.3, 0.4) is 0 Å². The number of ether oxygens (including phenoxy) is 1. The third kappa shape index (κ3) is 3.17. The van der Waals surface area contributed by atoms with Gasteiger partial charge in [-0.05, 0) is 19.1 Å². The molecule has 0 heterocycles. The fraction of sp³-hybridized carbons (Fsp3) is 0.364. The zero-order valence-corrected chi connectivity index (χ0v) is 11.1. The Morgan fingerprint density at radius 2 is 2.22 bits per heavy atom. The summed E-state index contributed by atoms with van der Waals surface area (Å²) >= 11 is 2.99. The van der Waals surface area contributed by atoms with Gasteiger partial charge in [0.15, 0.2) is 11.6 Å². The lowest BCUT2D eigenvalue weighted by molar-refractivity contribution is -0.149. The molecule has 1 unspecified atom stereocenters. The zero-order chi connectivity index (χ0) is 13.9. The van der Waals surface area contributed by atoms with Crippen molar-refractivity contribution in [1.29, 1.82) is 0 Å². The molecular formula is C11H12BrF2NO3. The van der Waals surface area contributed by atoms with Crippen LogP contribution in [0.25, 0.3) is 0 Å². The number of nitrogens with two attached hydrogens (primary N) is 1. The molecule has 0 aliphatic carbocycles. The summed E-state index contributed by atoms with van der Waals surface area (Å²) in [6.07, 6.45) is -2.18. The number of benzene rings is 1. The van der Waals surface area contributed by atoms with E-state index >= 15 is 0 Å². The summed E-state index contributed by atoms with van der Waals surface area (Å²) in [6, 6.07) is 0.744. The number of carbonyl (C=O) groups excluding carboxylic acids is 1. The Hall–Kier alpha value is -1.21. The van der Waals surface area contributed by atoms with Gasteiger partial charge in [-0.15, -0.1) is 0 Å². The summed E-state index contributed by atoms with van der Waals surface area (Å²) in [5.74, 6) is -2.88. The topological polar surface area (TPSA) is 72.5 Å². The Kier molecular flexibility index (Phi) is 5.03. The van der Waals surface area contributed by atoms with Crippen LogP contribution in [-0.4, -0.2) is 23.9 Å². The van der Waals surface area contributed by atoms with E-state index in [9.17, 15) is 18.7 Å². The van der Waals surface area contributed by atoms with Crippen LogP contribution in [0.15, 0.2) is 16.6 Å². The quantitative estimate of drug-likeness (QED) is 0.833. The molecule has 4 nitrogen and oxygen atoms in total. The van der Waals surface area contributed by atoms with Crippen LogP contribution in [-0.2, 0) is 9.53 Å². The van der Waals surface area contributed by atoms with E-state index in [4.69, 9.17) is 5.73 Å². The summed E-state index contributed by atoms with van der Waals surface area (Å²) in [5, 5.41) is 9.46. The maximum Gasteiger partial charge on any atom is 0.342 e. The van der Waals surface area contributed by atoms with Crippen LogP contribution in [0.5, 0.6) is 5.75 Å². The third-order valence-corrected chi connectivity index (χ3v) is 2.70. The molecule has 0 bridgehead atoms. The van der Waals surface area contributed by atoms with E-state index in [-0.39, 0.29) is 16.6 Å². The first-order valence-electron chi connectivity index (χ1n) is 5.12. The monoisotopic (exact) mass is 323 g/mol. The molecule has 2 atom stereocenters. The minimum absolute atomic E-state index is 0.00476. The summed E-state index contributed by atoms with van der Waals surface area (Å²) in [4.78, 5) is 11.2. The number of aromatic hydroxyl groups is 1. The van der Waals surface area contributed by atoms with Gasteiger partial charge in [-0.1, -0.05) is 15.9 Å². The standard InChI is InChI=1S/C11H12BrF2NO3/c1-2-18-11(17)8(14)9(15)6-3-5(12)4-7(13)10(6)16/h3-4,8-9,16H,2,15H2,1H3/t8?,9-/m0/s1. The highest BCUT2D eigenvalue weighted by Crippen LogP contribution is 2.32. The molecule has 0 saturated carbocycles. The van der Waals surface area contributed by atoms with Crippen molar-refractivity contribution in [2.24, 2.45) is 5.73 Å². The fourth-order valence-corrected chi connectivity index (χ4v) is 1.81. The van der Waals surface area contributed by atoms with E-state index in [1.54, 1.807) is 0 Å². The summed E-state index contributed by atoms with van der Waals surface area (Å²) in [6.45, 7) is 1.52. The second kappa shape index (κ2) is 6.10. The van der Waals surface area contributed by atoms with Crippen molar-refractivity contribution in [2.75, 3.05) is 6.61 Å². The first-order valence-corrected chi connectivity index (χ1v) is 5.92. The molecule has 0 aliphatic rings. The Morgan fingerprint density at radius 3 is 2.78 bits per heavy atom. The Labute approximate surface area is 111 Å². The van der Waals surface area contributed by atoms with Crippen LogP contribution >= 0.6 is 15.9 Å². The van der Waals surface area contributed by atoms with Gasteiger partial charge in [-0.2, -0.15) is 0 Å². The normalized spacial score (nSPS) is 14.1. The van der Waals surface area contributed by atoms with Gasteiger partial charge in [0.2, 0.25) is 6.17 Å². The molecule has 0 amide bonds. The Balaban J connectivity index is 3.03. The van der Waals surface area contributed by atoms with Gasteiger partial charge in [0.05, 0.1) is 12.6 Å². The molecule has 0 aliphatic heterocycles. The lowest BCUT2D eigenvalue weighted by Gasteiger charge is -2.17. The van der Waals surface area contributed by atoms with Gasteiger partial charge in [0.25, 0.3) is 0 Å². The lowest BCUT2D eigenvalue weighted by atomic mass is 10.0. The highest BCUT2D eigenvalue weighted by Gasteiger charge is 2.30. The van der Waals surface area contributed by atoms with Crippen LogP contribution in [0.1, 0.15) is 18.5 Å². The van der Waals surface area contributed by atoms with Crippen molar-refractivity contribution in [3.63, 3.8) is 0 Å². The number of halogens is 3. The van der Waals surface area contributed by atoms with Crippen molar-refractivity contribution in [3.05, 3.63) is 28.0 Å². The average Bonchev–Trinajstić information content (AvgIpc) is 2.32. The molecule has 0 spiro atoms. The molecule has 1 aromatic rings. The molecule has 0 fully saturated rings. The fourth-order valence-electron chi connectivity index (χ4n) is 1.37. The molecule has 0 aromatic heterocycles. The Bertz CT molecular complexity index is 456. The van der Waals surface area contributed by atoms with E-state index in [1.807, 2.05) is 0 Å². The highest BCUT2D eigenvalue weighted by atomic mass is 79.9. The number of esters is 1. The molecule has 3 N–H and O–H groups in total. The van der Waals surface area contributed by atoms with E-state index in [0.29, 0.717) is 0 Å². The predicted octanol–water partition coefficient (Wildman–Crippen LogP) is 2.19. The van der Waals surface area contributed by atoms with Gasteiger partial charge in [-0.25, -0.2) is 13.6 Å². The predicted molar refractivity (Wildman–Crippen MR) is 64.2 cm³/mol. The number of hydrogen-bond acceptors (Lipinski definition) is 4. The number of phenols is 1. The molecule has 1 aromatic carbocycles. The van der Waals surface area contributed by atoms with Crippen molar-refractivity contribution in [2.45, 2.75) is 19.1 Å². The van der Waals surface area contributed by atoms with Crippen molar-refractivity contribution in [3.8, 4) is 5.75 Å². The van der Waals surface area contributed by atoms with Gasteiger partial charge in [0.1, 0.15) is 0 Å². The minimum atomic E-state index is -2.18. The minimum Gasteiger partial charge on any atom is -0.505 e. The number of rotatable bonds is 4. The smallest absolute Gasteiger partial charge is 0.342 e. The molecule has 0 saturated heterocycles. The van der Waals surface area contributed by atoms with Crippen molar-refractivity contribution in [1.82, 2.24) is 0 Å². The van der Waals surface area contributed by atoms with E-state index in [2.05, 4.69) is 20.7 Å². The van der Waals surface area contributed by atoms with E-state index in [0.717, 1.165) is 6.07 Å². The molecule has 100 valence electrons. The number of hydrogen-bond donors (Lipinski definition) is 2. The summed E-state index contributed by atoms with van der Waals surface area (Å²) < 4.78 is 31.6. The lowest BCUT2D eigenvalue weighted by Crippen LogP contribution is -2.31. The largest absolute Gasteiger partial charge is 0.505 e. The van der Waals surface area contributed by atoms with E-state index < -0.39 is 29.7 Å². The molecule has 7 heteroatoms. The summed E-state index contributed by atoms with van der Waals surface area (Å²) in [5.41, 5.74) is 5.28. The molecule has 0 radical (unpaired) electrons. The highest BCUT2D eigenvalue weighted by molar-refractivity contribution is 9.10. The van der Waals surface area contributed by atoms with Crippen LogP contribution in [0.4, 0.5) is 8.78 Å².